The third-order valence-electron chi connectivity index (χ3n) is 6.17. The number of carbonyl (C=O) groups is 2. The molecule has 0 fully saturated rings. The highest BCUT2D eigenvalue weighted by Crippen LogP contribution is 2.21. The van der Waals surface area contributed by atoms with E-state index in [1.165, 1.54) is 0 Å². The van der Waals surface area contributed by atoms with Crippen molar-refractivity contribution in [2.45, 2.75) is 44.9 Å². The maximum absolute atomic E-state index is 12.7. The van der Waals surface area contributed by atoms with Crippen LogP contribution in [0.4, 0.5) is 0 Å². The van der Waals surface area contributed by atoms with Gasteiger partial charge in [0.1, 0.15) is 13.2 Å². The summed E-state index contributed by atoms with van der Waals surface area (Å²) in [6.45, 7) is 7.67. The second-order valence-corrected chi connectivity index (χ2v) is 9.08. The van der Waals surface area contributed by atoms with Gasteiger partial charge in [-0.2, -0.15) is 0 Å². The van der Waals surface area contributed by atoms with Crippen LogP contribution in [-0.2, 0) is 19.1 Å². The first-order valence-electron chi connectivity index (χ1n) is 12.8. The van der Waals surface area contributed by atoms with Crippen LogP contribution in [0.15, 0.2) is 60.7 Å². The van der Waals surface area contributed by atoms with Crippen molar-refractivity contribution in [3.63, 3.8) is 0 Å². The van der Waals surface area contributed by atoms with Gasteiger partial charge in [0.25, 0.3) is 0 Å². The molecule has 0 N–H and O–H groups in total. The number of carbonyl (C=O) groups excluding carboxylic acids is 2. The highest BCUT2D eigenvalue weighted by molar-refractivity contribution is 5.78. The van der Waals surface area contributed by atoms with Crippen molar-refractivity contribution in [1.29, 1.82) is 0 Å². The molecule has 6 heteroatoms. The molecule has 0 amide bonds. The predicted octanol–water partition coefficient (Wildman–Crippen LogP) is 4.71. The van der Waals surface area contributed by atoms with Crippen molar-refractivity contribution in [3.8, 4) is 0 Å². The highest BCUT2D eigenvalue weighted by Gasteiger charge is 2.21. The number of rotatable bonds is 16. The predicted molar refractivity (Wildman–Crippen MR) is 140 cm³/mol. The number of hydrogen-bond donors (Lipinski definition) is 0. The van der Waals surface area contributed by atoms with Gasteiger partial charge < -0.3 is 14.4 Å². The monoisotopic (exact) mass is 482 g/mol. The molecular weight excluding hydrogens is 440 g/mol. The second kappa shape index (κ2) is 16.1. The zero-order valence-corrected chi connectivity index (χ0v) is 21.8. The Kier molecular flexibility index (Phi) is 13.1. The van der Waals surface area contributed by atoms with Gasteiger partial charge in [0, 0.05) is 13.1 Å². The van der Waals surface area contributed by atoms with Gasteiger partial charge in [-0.15, -0.1) is 0 Å². The summed E-state index contributed by atoms with van der Waals surface area (Å²) < 4.78 is 11.3. The van der Waals surface area contributed by atoms with Gasteiger partial charge in [0.15, 0.2) is 0 Å². The Morgan fingerprint density at radius 2 is 1.11 bits per heavy atom. The standard InChI is InChI=1S/C29H42N2O4/c1-5-26(24-14-9-7-10-15-24)28(32)34-22-20-31(19-13-18-30(3)4)21-23-35-29(33)27(6-2)25-16-11-8-12-17-25/h7-12,14-17,26-27H,5-6,13,18-23H2,1-4H3. The summed E-state index contributed by atoms with van der Waals surface area (Å²) in [6.07, 6.45) is 2.38. The van der Waals surface area contributed by atoms with E-state index in [0.717, 1.165) is 30.6 Å². The van der Waals surface area contributed by atoms with Gasteiger partial charge in [-0.3, -0.25) is 14.5 Å². The SMILES string of the molecule is CCC(C(=O)OCCN(CCCN(C)C)CCOC(=O)C(CC)c1ccccc1)c1ccccc1. The Labute approximate surface area is 211 Å². The van der Waals surface area contributed by atoms with Gasteiger partial charge >= 0.3 is 11.9 Å². The normalized spacial score (nSPS) is 13.0. The van der Waals surface area contributed by atoms with Crippen molar-refractivity contribution < 1.29 is 19.1 Å². The van der Waals surface area contributed by atoms with Gasteiger partial charge in [-0.05, 0) is 57.6 Å². The quantitative estimate of drug-likeness (QED) is 0.323. The molecule has 2 unspecified atom stereocenters. The summed E-state index contributed by atoms with van der Waals surface area (Å²) in [5, 5.41) is 0. The number of hydrogen-bond acceptors (Lipinski definition) is 6. The van der Waals surface area contributed by atoms with Crippen molar-refractivity contribution in [3.05, 3.63) is 71.8 Å². The first kappa shape index (κ1) is 28.5. The summed E-state index contributed by atoms with van der Waals surface area (Å²) in [6, 6.07) is 19.5. The van der Waals surface area contributed by atoms with E-state index in [1.54, 1.807) is 0 Å². The molecule has 0 aliphatic rings. The zero-order valence-electron chi connectivity index (χ0n) is 21.8. The Bertz CT molecular complexity index is 792. The second-order valence-electron chi connectivity index (χ2n) is 9.08. The van der Waals surface area contributed by atoms with Crippen molar-refractivity contribution >= 4 is 11.9 Å². The van der Waals surface area contributed by atoms with Gasteiger partial charge in [-0.25, -0.2) is 0 Å². The molecular formula is C29H42N2O4. The number of benzene rings is 2. The van der Waals surface area contributed by atoms with Crippen LogP contribution in [0.5, 0.6) is 0 Å². The first-order chi connectivity index (χ1) is 17.0. The smallest absolute Gasteiger partial charge is 0.313 e. The molecule has 6 nitrogen and oxygen atoms in total. The van der Waals surface area contributed by atoms with Crippen LogP contribution in [0, 0.1) is 0 Å². The molecule has 0 bridgehead atoms. The largest absolute Gasteiger partial charge is 0.464 e. The van der Waals surface area contributed by atoms with Gasteiger partial charge in [-0.1, -0.05) is 74.5 Å². The third-order valence-corrected chi connectivity index (χ3v) is 6.17. The number of nitrogens with zero attached hydrogens (tertiary/aromatic N) is 2. The fourth-order valence-corrected chi connectivity index (χ4v) is 4.15. The molecule has 2 aromatic carbocycles. The molecule has 0 aromatic heterocycles. The van der Waals surface area contributed by atoms with Crippen LogP contribution in [0.1, 0.15) is 56.1 Å². The van der Waals surface area contributed by atoms with E-state index in [9.17, 15) is 9.59 Å². The molecule has 2 rings (SSSR count). The zero-order chi connectivity index (χ0) is 25.5. The molecule has 0 aliphatic heterocycles. The van der Waals surface area contributed by atoms with Crippen LogP contribution in [-0.4, -0.2) is 75.2 Å². The molecule has 0 aliphatic carbocycles. The fourth-order valence-electron chi connectivity index (χ4n) is 4.15. The summed E-state index contributed by atoms with van der Waals surface area (Å²) >= 11 is 0. The van der Waals surface area contributed by atoms with E-state index in [4.69, 9.17) is 9.47 Å². The fraction of sp³-hybridized carbons (Fsp3) is 0.517. The summed E-state index contributed by atoms with van der Waals surface area (Å²) in [4.78, 5) is 29.7. The van der Waals surface area contributed by atoms with Crippen LogP contribution in [0.2, 0.25) is 0 Å². The molecule has 2 atom stereocenters. The van der Waals surface area contributed by atoms with E-state index in [0.29, 0.717) is 39.1 Å². The van der Waals surface area contributed by atoms with E-state index in [2.05, 4.69) is 23.9 Å². The highest BCUT2D eigenvalue weighted by atomic mass is 16.5. The molecule has 0 saturated carbocycles. The average molecular weight is 483 g/mol. The lowest BCUT2D eigenvalue weighted by atomic mass is 9.97. The summed E-state index contributed by atoms with van der Waals surface area (Å²) in [5.41, 5.74) is 1.97. The van der Waals surface area contributed by atoms with E-state index in [1.807, 2.05) is 74.5 Å². The lowest BCUT2D eigenvalue weighted by Crippen LogP contribution is -2.35. The third kappa shape index (κ3) is 10.2. The minimum Gasteiger partial charge on any atom is -0.464 e. The lowest BCUT2D eigenvalue weighted by Gasteiger charge is -2.24. The van der Waals surface area contributed by atoms with Crippen LogP contribution in [0.3, 0.4) is 0 Å². The van der Waals surface area contributed by atoms with Gasteiger partial charge in [0.2, 0.25) is 0 Å². The molecule has 0 saturated heterocycles. The molecule has 0 radical (unpaired) electrons. The Morgan fingerprint density at radius 1 is 0.686 bits per heavy atom. The maximum atomic E-state index is 12.7. The van der Waals surface area contributed by atoms with Crippen molar-refractivity contribution in [2.75, 3.05) is 53.5 Å². The lowest BCUT2D eigenvalue weighted by molar-refractivity contribution is -0.146. The number of esters is 2. The summed E-state index contributed by atoms with van der Waals surface area (Å²) in [5.74, 6) is -0.870. The van der Waals surface area contributed by atoms with Crippen LogP contribution >= 0.6 is 0 Å². The molecule has 0 spiro atoms. The minimum absolute atomic E-state index is 0.188. The molecule has 35 heavy (non-hydrogen) atoms. The first-order valence-corrected chi connectivity index (χ1v) is 12.8. The summed E-state index contributed by atoms with van der Waals surface area (Å²) in [7, 11) is 4.10. The van der Waals surface area contributed by atoms with Crippen LogP contribution < -0.4 is 0 Å². The molecule has 0 heterocycles. The van der Waals surface area contributed by atoms with Gasteiger partial charge in [0.05, 0.1) is 11.8 Å². The topological polar surface area (TPSA) is 59.1 Å². The van der Waals surface area contributed by atoms with Crippen molar-refractivity contribution in [1.82, 2.24) is 9.80 Å². The Hall–Kier alpha value is -2.70. The van der Waals surface area contributed by atoms with E-state index in [-0.39, 0.29) is 23.8 Å². The average Bonchev–Trinajstić information content (AvgIpc) is 2.86. The Balaban J connectivity index is 1.85. The Morgan fingerprint density at radius 3 is 1.49 bits per heavy atom. The maximum Gasteiger partial charge on any atom is 0.313 e. The van der Waals surface area contributed by atoms with E-state index >= 15 is 0 Å². The number of ether oxygens (including phenoxy) is 2. The molecule has 2 aromatic rings. The van der Waals surface area contributed by atoms with E-state index < -0.39 is 0 Å². The minimum atomic E-state index is -0.247. The molecule has 192 valence electrons. The van der Waals surface area contributed by atoms with Crippen LogP contribution in [0.25, 0.3) is 0 Å². The van der Waals surface area contributed by atoms with Crippen molar-refractivity contribution in [2.24, 2.45) is 0 Å².